The van der Waals surface area contributed by atoms with Crippen molar-refractivity contribution >= 4 is 22.0 Å². The van der Waals surface area contributed by atoms with Gasteiger partial charge in [-0.15, -0.1) is 0 Å². The predicted molar refractivity (Wildman–Crippen MR) is 92.5 cm³/mol. The molecule has 0 N–H and O–H groups in total. The van der Waals surface area contributed by atoms with Crippen molar-refractivity contribution in [2.24, 2.45) is 0 Å². The Balaban J connectivity index is 1.96. The van der Waals surface area contributed by atoms with E-state index in [1.165, 1.54) is 4.31 Å². The molecule has 0 radical (unpaired) electrons. The maximum absolute atomic E-state index is 13.3. The van der Waals surface area contributed by atoms with Crippen molar-refractivity contribution in [2.45, 2.75) is 29.2 Å². The maximum Gasteiger partial charge on any atom is 0.264 e. The van der Waals surface area contributed by atoms with Gasteiger partial charge in [-0.2, -0.15) is 0 Å². The second kappa shape index (κ2) is 5.31. The summed E-state index contributed by atoms with van der Waals surface area (Å²) >= 11 is 0. The van der Waals surface area contributed by atoms with Gasteiger partial charge in [0.1, 0.15) is 6.29 Å². The molecule has 2 atom stereocenters. The van der Waals surface area contributed by atoms with Crippen LogP contribution < -0.4 is 4.31 Å². The number of rotatable bonds is 3. The van der Waals surface area contributed by atoms with Crippen molar-refractivity contribution in [1.82, 2.24) is 0 Å². The molecule has 1 heterocycles. The number of anilines is 1. The van der Waals surface area contributed by atoms with E-state index in [2.05, 4.69) is 0 Å². The first-order valence-corrected chi connectivity index (χ1v) is 9.35. The van der Waals surface area contributed by atoms with Crippen LogP contribution in [0.15, 0.2) is 71.6 Å². The molecule has 1 aliphatic carbocycles. The molecule has 0 unspecified atom stereocenters. The van der Waals surface area contributed by atoms with Crippen molar-refractivity contribution in [3.63, 3.8) is 0 Å². The zero-order valence-electron chi connectivity index (χ0n) is 13.0. The monoisotopic (exact) mass is 339 g/mol. The summed E-state index contributed by atoms with van der Waals surface area (Å²) in [6, 6.07) is 15.3. The van der Waals surface area contributed by atoms with Gasteiger partial charge in [-0.3, -0.25) is 4.31 Å². The lowest BCUT2D eigenvalue weighted by Gasteiger charge is -2.36. The van der Waals surface area contributed by atoms with Gasteiger partial charge in [-0.25, -0.2) is 8.42 Å². The minimum absolute atomic E-state index is 0.246. The smallest absolute Gasteiger partial charge is 0.264 e. The van der Waals surface area contributed by atoms with Crippen LogP contribution in [0, 0.1) is 0 Å². The van der Waals surface area contributed by atoms with E-state index in [9.17, 15) is 13.2 Å². The number of fused-ring (bicyclic) bond motifs is 3. The van der Waals surface area contributed by atoms with Gasteiger partial charge in [0.25, 0.3) is 10.0 Å². The molecular weight excluding hydrogens is 322 g/mol. The number of sulfonamides is 1. The van der Waals surface area contributed by atoms with Crippen LogP contribution in [0.1, 0.15) is 18.4 Å². The number of carbonyl (C=O) groups is 1. The first-order chi connectivity index (χ1) is 11.6. The average Bonchev–Trinajstić information content (AvgIpc) is 2.94. The Kier molecular flexibility index (Phi) is 3.35. The average molecular weight is 339 g/mol. The zero-order chi connectivity index (χ0) is 16.8. The van der Waals surface area contributed by atoms with Crippen LogP contribution in [0.4, 0.5) is 5.69 Å². The van der Waals surface area contributed by atoms with Gasteiger partial charge >= 0.3 is 0 Å². The SMILES string of the molecule is O=C[C@@]12CC=CC[C@@H]1N(S(=O)(=O)c1ccccc1)c1ccccc12. The van der Waals surface area contributed by atoms with E-state index in [4.69, 9.17) is 0 Å². The minimum atomic E-state index is -3.73. The lowest BCUT2D eigenvalue weighted by atomic mass is 9.72. The fourth-order valence-electron chi connectivity index (χ4n) is 3.86. The van der Waals surface area contributed by atoms with Crippen LogP contribution >= 0.6 is 0 Å². The minimum Gasteiger partial charge on any atom is -0.302 e. The molecule has 24 heavy (non-hydrogen) atoms. The van der Waals surface area contributed by atoms with Crippen molar-refractivity contribution in [2.75, 3.05) is 4.31 Å². The fourth-order valence-corrected chi connectivity index (χ4v) is 5.62. The summed E-state index contributed by atoms with van der Waals surface area (Å²) in [4.78, 5) is 12.3. The van der Waals surface area contributed by atoms with E-state index >= 15 is 0 Å². The van der Waals surface area contributed by atoms with E-state index in [-0.39, 0.29) is 4.90 Å². The number of aldehydes is 1. The van der Waals surface area contributed by atoms with E-state index in [0.717, 1.165) is 11.8 Å². The molecule has 0 saturated carbocycles. The number of hydrogen-bond acceptors (Lipinski definition) is 3. The third-order valence-corrected chi connectivity index (χ3v) is 6.85. The Morgan fingerprint density at radius 3 is 2.46 bits per heavy atom. The Morgan fingerprint density at radius 1 is 1.00 bits per heavy atom. The molecular formula is C19H17NO3S. The summed E-state index contributed by atoms with van der Waals surface area (Å²) in [7, 11) is -3.73. The topological polar surface area (TPSA) is 54.5 Å². The predicted octanol–water partition coefficient (Wildman–Crippen LogP) is 3.05. The van der Waals surface area contributed by atoms with E-state index in [0.29, 0.717) is 18.5 Å². The molecule has 2 aromatic rings. The molecule has 0 fully saturated rings. The number of benzene rings is 2. The molecule has 0 amide bonds. The molecule has 2 aliphatic rings. The summed E-state index contributed by atoms with van der Waals surface area (Å²) in [6.45, 7) is 0. The fraction of sp³-hybridized carbons (Fsp3) is 0.211. The highest BCUT2D eigenvalue weighted by Gasteiger charge is 2.54. The van der Waals surface area contributed by atoms with Gasteiger partial charge in [-0.05, 0) is 36.6 Å². The quantitative estimate of drug-likeness (QED) is 0.638. The first kappa shape index (κ1) is 15.1. The Labute approximate surface area is 141 Å². The lowest BCUT2D eigenvalue weighted by molar-refractivity contribution is -0.113. The van der Waals surface area contributed by atoms with Crippen molar-refractivity contribution in [3.05, 3.63) is 72.3 Å². The van der Waals surface area contributed by atoms with Gasteiger partial charge in [0.15, 0.2) is 0 Å². The third-order valence-electron chi connectivity index (χ3n) is 5.01. The third kappa shape index (κ3) is 1.91. The van der Waals surface area contributed by atoms with Crippen LogP contribution in [0.5, 0.6) is 0 Å². The van der Waals surface area contributed by atoms with Crippen molar-refractivity contribution in [1.29, 1.82) is 0 Å². The number of allylic oxidation sites excluding steroid dienone is 1. The molecule has 0 saturated heterocycles. The summed E-state index contributed by atoms with van der Waals surface area (Å²) in [5.74, 6) is 0. The molecule has 122 valence electrons. The molecule has 4 rings (SSSR count). The van der Waals surface area contributed by atoms with Gasteiger partial charge in [0.05, 0.1) is 22.0 Å². The normalized spacial score (nSPS) is 25.2. The highest BCUT2D eigenvalue weighted by molar-refractivity contribution is 7.92. The van der Waals surface area contributed by atoms with Crippen LogP contribution in [0.2, 0.25) is 0 Å². The molecule has 0 spiro atoms. The number of nitrogens with zero attached hydrogens (tertiary/aromatic N) is 1. The van der Waals surface area contributed by atoms with Crippen LogP contribution in [0.25, 0.3) is 0 Å². The van der Waals surface area contributed by atoms with Gasteiger partial charge in [0, 0.05) is 0 Å². The molecule has 2 aromatic carbocycles. The molecule has 1 aliphatic heterocycles. The molecule has 4 nitrogen and oxygen atoms in total. The first-order valence-electron chi connectivity index (χ1n) is 7.91. The van der Waals surface area contributed by atoms with Crippen molar-refractivity contribution in [3.8, 4) is 0 Å². The number of hydrogen-bond donors (Lipinski definition) is 0. The van der Waals surface area contributed by atoms with E-state index in [1.807, 2.05) is 30.4 Å². The van der Waals surface area contributed by atoms with Gasteiger partial charge in [-0.1, -0.05) is 48.6 Å². The van der Waals surface area contributed by atoms with Crippen LogP contribution in [-0.2, 0) is 20.2 Å². The van der Waals surface area contributed by atoms with Crippen LogP contribution in [-0.4, -0.2) is 20.7 Å². The van der Waals surface area contributed by atoms with E-state index in [1.54, 1.807) is 36.4 Å². The lowest BCUT2D eigenvalue weighted by Crippen LogP contribution is -2.49. The summed E-state index contributed by atoms with van der Waals surface area (Å²) in [6.07, 6.45) is 5.92. The highest BCUT2D eigenvalue weighted by Crippen LogP contribution is 2.51. The summed E-state index contributed by atoms with van der Waals surface area (Å²) in [5.41, 5.74) is 0.615. The Hall–Kier alpha value is -2.40. The summed E-state index contributed by atoms with van der Waals surface area (Å²) in [5, 5.41) is 0. The molecule has 0 bridgehead atoms. The van der Waals surface area contributed by atoms with Gasteiger partial charge in [0.2, 0.25) is 0 Å². The van der Waals surface area contributed by atoms with E-state index < -0.39 is 21.5 Å². The number of para-hydroxylation sites is 1. The molecule has 0 aromatic heterocycles. The highest BCUT2D eigenvalue weighted by atomic mass is 32.2. The number of carbonyl (C=O) groups excluding carboxylic acids is 1. The van der Waals surface area contributed by atoms with Gasteiger partial charge < -0.3 is 4.79 Å². The Morgan fingerprint density at radius 2 is 1.71 bits per heavy atom. The molecule has 5 heteroatoms. The zero-order valence-corrected chi connectivity index (χ0v) is 13.8. The second-order valence-corrected chi connectivity index (χ2v) is 8.03. The Bertz CT molecular complexity index is 921. The standard InChI is InChI=1S/C19H17NO3S/c21-14-19-13-7-6-12-18(19)20(17-11-5-4-10-16(17)19)24(22,23)15-8-2-1-3-9-15/h1-11,14,18H,12-13H2/t18-,19+/m0/s1. The maximum atomic E-state index is 13.3. The second-order valence-electron chi connectivity index (χ2n) is 6.22. The van der Waals surface area contributed by atoms with Crippen LogP contribution in [0.3, 0.4) is 0 Å². The van der Waals surface area contributed by atoms with Crippen molar-refractivity contribution < 1.29 is 13.2 Å². The largest absolute Gasteiger partial charge is 0.302 e. The summed E-state index contributed by atoms with van der Waals surface area (Å²) < 4.78 is 28.0.